The second-order valence-electron chi connectivity index (χ2n) is 6.18. The van der Waals surface area contributed by atoms with Gasteiger partial charge < -0.3 is 4.90 Å². The Morgan fingerprint density at radius 1 is 1.38 bits per heavy atom. The molecule has 3 nitrogen and oxygen atoms in total. The average molecular weight is 223 g/mol. The van der Waals surface area contributed by atoms with E-state index >= 15 is 0 Å². The largest absolute Gasteiger partial charge is 0.337 e. The monoisotopic (exact) mass is 223 g/mol. The zero-order valence-electron chi connectivity index (χ0n) is 11.0. The maximum absolute atomic E-state index is 12.1. The van der Waals surface area contributed by atoms with Crippen molar-refractivity contribution in [1.82, 2.24) is 4.90 Å². The summed E-state index contributed by atoms with van der Waals surface area (Å²) in [5, 5.41) is 0. The fourth-order valence-corrected chi connectivity index (χ4v) is 1.70. The Morgan fingerprint density at radius 2 is 1.88 bits per heavy atom. The number of nitrogens with zero attached hydrogens (tertiary/aromatic N) is 1. The van der Waals surface area contributed by atoms with Crippen molar-refractivity contribution in [3.63, 3.8) is 0 Å². The smallest absolute Gasteiger partial charge is 0.257 e. The van der Waals surface area contributed by atoms with Gasteiger partial charge in [0.05, 0.1) is 5.57 Å². The van der Waals surface area contributed by atoms with Gasteiger partial charge in [-0.15, -0.1) is 0 Å². The van der Waals surface area contributed by atoms with Crippen LogP contribution in [-0.2, 0) is 9.59 Å². The van der Waals surface area contributed by atoms with Crippen LogP contribution in [0.25, 0.3) is 0 Å². The summed E-state index contributed by atoms with van der Waals surface area (Å²) in [4.78, 5) is 25.5. The van der Waals surface area contributed by atoms with Gasteiger partial charge in [-0.25, -0.2) is 0 Å². The van der Waals surface area contributed by atoms with Crippen molar-refractivity contribution in [1.29, 1.82) is 0 Å². The molecule has 1 aliphatic rings. The van der Waals surface area contributed by atoms with Crippen LogP contribution in [0.2, 0.25) is 0 Å². The van der Waals surface area contributed by atoms with E-state index in [1.807, 2.05) is 34.6 Å². The summed E-state index contributed by atoms with van der Waals surface area (Å²) in [6.07, 6.45) is 2.24. The summed E-state index contributed by atoms with van der Waals surface area (Å²) in [5.41, 5.74) is -0.0893. The first-order valence-electron chi connectivity index (χ1n) is 5.59. The fraction of sp³-hybridized carbons (Fsp3) is 0.692. The van der Waals surface area contributed by atoms with E-state index in [0.717, 1.165) is 0 Å². The van der Waals surface area contributed by atoms with Crippen LogP contribution in [0.1, 0.15) is 41.0 Å². The van der Waals surface area contributed by atoms with Crippen molar-refractivity contribution in [3.8, 4) is 0 Å². The predicted molar refractivity (Wildman–Crippen MR) is 64.0 cm³/mol. The highest BCUT2D eigenvalue weighted by Crippen LogP contribution is 2.33. The molecular formula is C13H21NO2. The molecular weight excluding hydrogens is 202 g/mol. The number of likely N-dealkylation sites (N-methyl/N-ethyl adjacent to an activating group) is 1. The van der Waals surface area contributed by atoms with Crippen molar-refractivity contribution in [3.05, 3.63) is 11.6 Å². The van der Waals surface area contributed by atoms with Crippen LogP contribution in [0.4, 0.5) is 0 Å². The molecule has 0 heterocycles. The minimum Gasteiger partial charge on any atom is -0.337 e. The topological polar surface area (TPSA) is 37.4 Å². The number of amides is 1. The van der Waals surface area contributed by atoms with Crippen molar-refractivity contribution in [2.75, 3.05) is 7.05 Å². The third-order valence-electron chi connectivity index (χ3n) is 2.99. The molecule has 0 atom stereocenters. The molecule has 0 bridgehead atoms. The van der Waals surface area contributed by atoms with Gasteiger partial charge in [0.2, 0.25) is 0 Å². The molecule has 0 N–H and O–H groups in total. The van der Waals surface area contributed by atoms with Crippen LogP contribution >= 0.6 is 0 Å². The summed E-state index contributed by atoms with van der Waals surface area (Å²) in [6.45, 7) is 9.81. The number of hydrogen-bond donors (Lipinski definition) is 0. The molecule has 16 heavy (non-hydrogen) atoms. The predicted octanol–water partition coefficient (Wildman–Crippen LogP) is 2.17. The molecule has 1 amide bonds. The van der Waals surface area contributed by atoms with Crippen LogP contribution in [0.5, 0.6) is 0 Å². The summed E-state index contributed by atoms with van der Waals surface area (Å²) in [5.74, 6) is -0.200. The van der Waals surface area contributed by atoms with E-state index in [4.69, 9.17) is 0 Å². The van der Waals surface area contributed by atoms with Crippen LogP contribution in [0.15, 0.2) is 11.6 Å². The number of hydrogen-bond acceptors (Lipinski definition) is 2. The fourth-order valence-electron chi connectivity index (χ4n) is 1.70. The number of Topliss-reactive ketones (excluding diaryl/α,β-unsaturated/α-hetero) is 1. The van der Waals surface area contributed by atoms with Gasteiger partial charge in [0.25, 0.3) is 5.91 Å². The molecule has 0 radical (unpaired) electrons. The molecule has 1 aliphatic carbocycles. The van der Waals surface area contributed by atoms with Crippen LogP contribution in [0.3, 0.4) is 0 Å². The molecule has 0 aliphatic heterocycles. The van der Waals surface area contributed by atoms with Gasteiger partial charge in [0.15, 0.2) is 5.78 Å². The Hall–Kier alpha value is -1.12. The van der Waals surface area contributed by atoms with Gasteiger partial charge >= 0.3 is 0 Å². The Bertz CT molecular complexity index is 359. The zero-order valence-corrected chi connectivity index (χ0v) is 11.0. The average Bonchev–Trinajstić information content (AvgIpc) is 2.35. The molecule has 0 aromatic carbocycles. The lowest BCUT2D eigenvalue weighted by atomic mass is 9.93. The lowest BCUT2D eigenvalue weighted by Gasteiger charge is -2.32. The van der Waals surface area contributed by atoms with E-state index in [1.54, 1.807) is 18.0 Å². The zero-order chi connectivity index (χ0) is 12.7. The normalized spacial score (nSPS) is 19.6. The molecule has 0 spiro atoms. The van der Waals surface area contributed by atoms with E-state index < -0.39 is 0 Å². The Morgan fingerprint density at radius 3 is 2.19 bits per heavy atom. The Kier molecular flexibility index (Phi) is 3.01. The van der Waals surface area contributed by atoms with Crippen molar-refractivity contribution >= 4 is 11.7 Å². The lowest BCUT2D eigenvalue weighted by Crippen LogP contribution is -2.43. The molecule has 0 fully saturated rings. The molecule has 90 valence electrons. The van der Waals surface area contributed by atoms with Crippen molar-refractivity contribution in [2.45, 2.75) is 46.6 Å². The van der Waals surface area contributed by atoms with Gasteiger partial charge in [-0.3, -0.25) is 9.59 Å². The number of allylic oxidation sites excluding steroid dienone is 1. The molecule has 3 heteroatoms. The first-order chi connectivity index (χ1) is 7.04. The van der Waals surface area contributed by atoms with E-state index in [-0.39, 0.29) is 22.6 Å². The van der Waals surface area contributed by atoms with Crippen LogP contribution in [0, 0.1) is 5.41 Å². The maximum Gasteiger partial charge on any atom is 0.257 e. The first-order valence-corrected chi connectivity index (χ1v) is 5.59. The molecule has 0 aromatic heterocycles. The van der Waals surface area contributed by atoms with Gasteiger partial charge in [-0.2, -0.15) is 0 Å². The Labute approximate surface area is 97.5 Å². The Balaban J connectivity index is 2.96. The van der Waals surface area contributed by atoms with Gasteiger partial charge in [0.1, 0.15) is 0 Å². The van der Waals surface area contributed by atoms with E-state index in [9.17, 15) is 9.59 Å². The molecule has 0 saturated carbocycles. The van der Waals surface area contributed by atoms with E-state index in [0.29, 0.717) is 12.0 Å². The van der Waals surface area contributed by atoms with Crippen molar-refractivity contribution in [2.24, 2.45) is 5.41 Å². The molecule has 1 rings (SSSR count). The van der Waals surface area contributed by atoms with Gasteiger partial charge in [0, 0.05) is 19.0 Å². The summed E-state index contributed by atoms with van der Waals surface area (Å²) < 4.78 is 0. The van der Waals surface area contributed by atoms with Crippen LogP contribution < -0.4 is 0 Å². The maximum atomic E-state index is 12.1. The molecule has 0 aromatic rings. The first kappa shape index (κ1) is 12.9. The third-order valence-corrected chi connectivity index (χ3v) is 2.99. The number of carbonyl (C=O) groups excluding carboxylic acids is 2. The summed E-state index contributed by atoms with van der Waals surface area (Å²) >= 11 is 0. The van der Waals surface area contributed by atoms with Gasteiger partial charge in [-0.1, -0.05) is 19.9 Å². The number of rotatable bonds is 1. The number of ketones is 1. The van der Waals surface area contributed by atoms with Crippen molar-refractivity contribution < 1.29 is 9.59 Å². The SMILES string of the molecule is CN(C(=O)C1=CC(C)(C)CC1=O)C(C)(C)C. The summed E-state index contributed by atoms with van der Waals surface area (Å²) in [6, 6.07) is 0. The lowest BCUT2D eigenvalue weighted by molar-refractivity contribution is -0.131. The second-order valence-corrected chi connectivity index (χ2v) is 6.18. The highest BCUT2D eigenvalue weighted by Gasteiger charge is 2.36. The molecule has 0 saturated heterocycles. The minimum absolute atomic E-state index is 0.0360. The highest BCUT2D eigenvalue weighted by molar-refractivity contribution is 6.21. The molecule has 0 unspecified atom stereocenters. The quantitative estimate of drug-likeness (QED) is 0.639. The second kappa shape index (κ2) is 3.72. The van der Waals surface area contributed by atoms with E-state index in [2.05, 4.69) is 0 Å². The summed E-state index contributed by atoms with van der Waals surface area (Å²) in [7, 11) is 1.74. The highest BCUT2D eigenvalue weighted by atomic mass is 16.2. The van der Waals surface area contributed by atoms with Gasteiger partial charge in [-0.05, 0) is 26.2 Å². The minimum atomic E-state index is -0.259. The number of carbonyl (C=O) groups is 2. The van der Waals surface area contributed by atoms with Crippen LogP contribution in [-0.4, -0.2) is 29.2 Å². The van der Waals surface area contributed by atoms with E-state index in [1.165, 1.54) is 0 Å². The standard InChI is InChI=1S/C13H21NO2/c1-12(2,3)14(6)11(16)9-7-13(4,5)8-10(9)15/h7H,8H2,1-6H3. The third kappa shape index (κ3) is 2.52.